The van der Waals surface area contributed by atoms with Gasteiger partial charge in [0.1, 0.15) is 29.4 Å². The lowest BCUT2D eigenvalue weighted by Gasteiger charge is -2.26. The molecule has 8 nitrogen and oxygen atoms in total. The molecule has 0 bridgehead atoms. The van der Waals surface area contributed by atoms with E-state index in [2.05, 4.69) is 15.2 Å². The first-order valence-electron chi connectivity index (χ1n) is 11.4. The van der Waals surface area contributed by atoms with E-state index in [1.54, 1.807) is 23.0 Å². The Hall–Kier alpha value is -3.40. The highest BCUT2D eigenvalue weighted by atomic mass is 19.1. The van der Waals surface area contributed by atoms with Gasteiger partial charge in [0, 0.05) is 25.0 Å². The van der Waals surface area contributed by atoms with Crippen molar-refractivity contribution in [1.82, 2.24) is 24.9 Å². The molecule has 3 heterocycles. The second-order valence-corrected chi connectivity index (χ2v) is 7.96. The van der Waals surface area contributed by atoms with Gasteiger partial charge in [0.15, 0.2) is 0 Å². The third-order valence-corrected chi connectivity index (χ3v) is 5.67. The summed E-state index contributed by atoms with van der Waals surface area (Å²) < 4.78 is 31.9. The Morgan fingerprint density at radius 3 is 2.62 bits per heavy atom. The smallest absolute Gasteiger partial charge is 0.145 e. The number of nitrogens with zero attached hydrogens (tertiary/aromatic N) is 5. The van der Waals surface area contributed by atoms with Crippen molar-refractivity contribution in [3.63, 3.8) is 0 Å². The predicted molar refractivity (Wildman–Crippen MR) is 126 cm³/mol. The molecule has 0 saturated carbocycles. The van der Waals surface area contributed by atoms with Crippen LogP contribution in [0.1, 0.15) is 0 Å². The van der Waals surface area contributed by atoms with E-state index in [0.29, 0.717) is 37.0 Å². The van der Waals surface area contributed by atoms with E-state index in [1.807, 2.05) is 30.3 Å². The zero-order valence-electron chi connectivity index (χ0n) is 18.8. The van der Waals surface area contributed by atoms with E-state index >= 15 is 0 Å². The number of fused-ring (bicyclic) bond motifs is 1. The molecule has 0 amide bonds. The fourth-order valence-electron chi connectivity index (χ4n) is 3.81. The zero-order valence-corrected chi connectivity index (χ0v) is 18.8. The minimum absolute atomic E-state index is 0.296. The van der Waals surface area contributed by atoms with Crippen molar-refractivity contribution >= 4 is 10.9 Å². The van der Waals surface area contributed by atoms with Crippen LogP contribution in [0.5, 0.6) is 5.75 Å². The number of morpholine rings is 1. The molecule has 1 aliphatic rings. The first kappa shape index (κ1) is 22.4. The second kappa shape index (κ2) is 10.7. The molecule has 0 aliphatic carbocycles. The Morgan fingerprint density at radius 1 is 0.912 bits per heavy atom. The molecule has 9 heteroatoms. The molecule has 2 aromatic heterocycles. The van der Waals surface area contributed by atoms with Crippen LogP contribution in [0.2, 0.25) is 0 Å². The molecular weight excluding hydrogens is 437 g/mol. The summed E-state index contributed by atoms with van der Waals surface area (Å²) in [6, 6.07) is 15.8. The number of hydrogen-bond donors (Lipinski definition) is 0. The summed E-state index contributed by atoms with van der Waals surface area (Å²) in [5.74, 6) is 0.400. The monoisotopic (exact) mass is 463 g/mol. The molecule has 2 aromatic carbocycles. The molecule has 1 aliphatic heterocycles. The first-order chi connectivity index (χ1) is 16.8. The highest BCUT2D eigenvalue weighted by molar-refractivity contribution is 5.86. The van der Waals surface area contributed by atoms with E-state index in [1.165, 1.54) is 12.1 Å². The molecular formula is C25H26FN5O3. The highest BCUT2D eigenvalue weighted by Gasteiger charge is 2.11. The first-order valence-corrected chi connectivity index (χ1v) is 11.4. The standard InChI is InChI=1S/C25H26FN5O3/c26-20-5-7-21(8-6-20)31-18-23(28-29-31)22-9-4-19-2-1-3-24(25(19)27-22)34-17-16-33-15-12-30-10-13-32-14-11-30/h1-9,18H,10-17H2. The van der Waals surface area contributed by atoms with E-state index in [4.69, 9.17) is 19.2 Å². The topological polar surface area (TPSA) is 74.5 Å². The van der Waals surface area contributed by atoms with Gasteiger partial charge in [0.2, 0.25) is 0 Å². The Kier molecular flexibility index (Phi) is 7.04. The molecule has 0 unspecified atom stereocenters. The lowest BCUT2D eigenvalue weighted by molar-refractivity contribution is 0.0171. The summed E-state index contributed by atoms with van der Waals surface area (Å²) >= 11 is 0. The quantitative estimate of drug-likeness (QED) is 0.353. The van der Waals surface area contributed by atoms with Crippen LogP contribution in [0.3, 0.4) is 0 Å². The number of benzene rings is 2. The Morgan fingerprint density at radius 2 is 1.76 bits per heavy atom. The van der Waals surface area contributed by atoms with E-state index in [9.17, 15) is 4.39 Å². The number of ether oxygens (including phenoxy) is 3. The van der Waals surface area contributed by atoms with Gasteiger partial charge in [-0.15, -0.1) is 5.10 Å². The van der Waals surface area contributed by atoms with Gasteiger partial charge in [-0.05, 0) is 36.4 Å². The SMILES string of the molecule is Fc1ccc(-n2cc(-c3ccc4cccc(OCCOCCN5CCOCC5)c4n3)nn2)cc1. The van der Waals surface area contributed by atoms with Crippen molar-refractivity contribution in [3.8, 4) is 22.8 Å². The minimum Gasteiger partial charge on any atom is -0.489 e. The van der Waals surface area contributed by atoms with Crippen molar-refractivity contribution in [1.29, 1.82) is 0 Å². The van der Waals surface area contributed by atoms with Crippen LogP contribution in [-0.2, 0) is 9.47 Å². The summed E-state index contributed by atoms with van der Waals surface area (Å²) in [6.45, 7) is 6.03. The maximum absolute atomic E-state index is 13.2. The molecule has 0 spiro atoms. The number of pyridine rings is 1. The number of halogens is 1. The molecule has 1 fully saturated rings. The highest BCUT2D eigenvalue weighted by Crippen LogP contribution is 2.27. The third-order valence-electron chi connectivity index (χ3n) is 5.67. The Bertz CT molecular complexity index is 1220. The summed E-state index contributed by atoms with van der Waals surface area (Å²) in [4.78, 5) is 7.12. The predicted octanol–water partition coefficient (Wildman–Crippen LogP) is 3.35. The summed E-state index contributed by atoms with van der Waals surface area (Å²) in [5, 5.41) is 9.37. The van der Waals surface area contributed by atoms with Crippen LogP contribution in [0.4, 0.5) is 4.39 Å². The van der Waals surface area contributed by atoms with Gasteiger partial charge in [-0.25, -0.2) is 14.1 Å². The average molecular weight is 464 g/mol. The fourth-order valence-corrected chi connectivity index (χ4v) is 3.81. The van der Waals surface area contributed by atoms with E-state index in [0.717, 1.165) is 49.4 Å². The average Bonchev–Trinajstić information content (AvgIpc) is 3.37. The van der Waals surface area contributed by atoms with Crippen LogP contribution in [0.25, 0.3) is 28.0 Å². The van der Waals surface area contributed by atoms with Crippen molar-refractivity contribution in [2.45, 2.75) is 0 Å². The molecule has 5 rings (SSSR count). The van der Waals surface area contributed by atoms with Gasteiger partial charge >= 0.3 is 0 Å². The van der Waals surface area contributed by atoms with Gasteiger partial charge in [-0.3, -0.25) is 4.90 Å². The number of rotatable bonds is 9. The molecule has 176 valence electrons. The second-order valence-electron chi connectivity index (χ2n) is 7.96. The molecule has 1 saturated heterocycles. The Balaban J connectivity index is 1.22. The maximum Gasteiger partial charge on any atom is 0.145 e. The van der Waals surface area contributed by atoms with Crippen molar-refractivity contribution in [2.75, 3.05) is 52.7 Å². The molecule has 0 radical (unpaired) electrons. The van der Waals surface area contributed by atoms with Gasteiger partial charge < -0.3 is 14.2 Å². The Labute approximate surface area is 196 Å². The van der Waals surface area contributed by atoms with Crippen LogP contribution in [-0.4, -0.2) is 77.5 Å². The van der Waals surface area contributed by atoms with Crippen LogP contribution in [0, 0.1) is 5.82 Å². The molecule has 0 N–H and O–H groups in total. The third kappa shape index (κ3) is 5.39. The molecule has 4 aromatic rings. The van der Waals surface area contributed by atoms with Gasteiger partial charge in [0.05, 0.1) is 44.0 Å². The zero-order chi connectivity index (χ0) is 23.2. The van der Waals surface area contributed by atoms with Gasteiger partial charge in [0.25, 0.3) is 0 Å². The maximum atomic E-state index is 13.2. The number of aromatic nitrogens is 4. The molecule has 34 heavy (non-hydrogen) atoms. The van der Waals surface area contributed by atoms with Crippen molar-refractivity contribution in [2.24, 2.45) is 0 Å². The molecule has 0 atom stereocenters. The fraction of sp³-hybridized carbons (Fsp3) is 0.320. The van der Waals surface area contributed by atoms with E-state index < -0.39 is 0 Å². The van der Waals surface area contributed by atoms with Crippen LogP contribution >= 0.6 is 0 Å². The van der Waals surface area contributed by atoms with Crippen LogP contribution < -0.4 is 4.74 Å². The number of para-hydroxylation sites is 1. The normalized spacial score (nSPS) is 14.5. The lowest BCUT2D eigenvalue weighted by atomic mass is 10.1. The van der Waals surface area contributed by atoms with Gasteiger partial charge in [-0.2, -0.15) is 0 Å². The van der Waals surface area contributed by atoms with Crippen LogP contribution in [0.15, 0.2) is 60.8 Å². The summed E-state index contributed by atoms with van der Waals surface area (Å²) in [5.41, 5.74) is 2.77. The summed E-state index contributed by atoms with van der Waals surface area (Å²) in [7, 11) is 0. The van der Waals surface area contributed by atoms with Crippen molar-refractivity contribution < 1.29 is 18.6 Å². The number of hydrogen-bond acceptors (Lipinski definition) is 7. The van der Waals surface area contributed by atoms with Gasteiger partial charge in [-0.1, -0.05) is 23.4 Å². The lowest BCUT2D eigenvalue weighted by Crippen LogP contribution is -2.38. The van der Waals surface area contributed by atoms with Crippen molar-refractivity contribution in [3.05, 3.63) is 66.6 Å². The largest absolute Gasteiger partial charge is 0.489 e. The minimum atomic E-state index is -0.296. The van der Waals surface area contributed by atoms with E-state index in [-0.39, 0.29) is 5.82 Å². The summed E-state index contributed by atoms with van der Waals surface area (Å²) in [6.07, 6.45) is 1.77.